The van der Waals surface area contributed by atoms with Crippen LogP contribution < -0.4 is 11.1 Å². The molecular weight excluding hydrogens is 300 g/mol. The minimum atomic E-state index is 0.107. The van der Waals surface area contributed by atoms with Gasteiger partial charge in [-0.2, -0.15) is 0 Å². The van der Waals surface area contributed by atoms with Crippen LogP contribution in [0, 0.1) is 13.8 Å². The summed E-state index contributed by atoms with van der Waals surface area (Å²) in [6.07, 6.45) is 0. The molecule has 0 bridgehead atoms. The first-order valence-corrected chi connectivity index (χ1v) is 7.19. The molecule has 0 spiro atoms. The van der Waals surface area contributed by atoms with Gasteiger partial charge < -0.3 is 11.1 Å². The van der Waals surface area contributed by atoms with E-state index in [4.69, 9.17) is 5.73 Å². The van der Waals surface area contributed by atoms with E-state index in [0.29, 0.717) is 6.54 Å². The molecule has 2 aromatic carbocycles. The molecule has 0 saturated carbocycles. The van der Waals surface area contributed by atoms with Gasteiger partial charge in [0.25, 0.3) is 0 Å². The Morgan fingerprint density at radius 2 is 1.89 bits per heavy atom. The number of hydrogen-bond donors (Lipinski definition) is 2. The zero-order valence-corrected chi connectivity index (χ0v) is 12.9. The fourth-order valence-electron chi connectivity index (χ4n) is 2.10. The Morgan fingerprint density at radius 3 is 2.53 bits per heavy atom. The SMILES string of the molecule is Cc1ccc(C(CN)Nc2ccccc2C)c(Br)c1. The molecule has 1 unspecified atom stereocenters. The Kier molecular flexibility index (Phi) is 4.61. The highest BCUT2D eigenvalue weighted by molar-refractivity contribution is 9.10. The summed E-state index contributed by atoms with van der Waals surface area (Å²) < 4.78 is 1.10. The summed E-state index contributed by atoms with van der Waals surface area (Å²) in [6, 6.07) is 14.7. The number of aryl methyl sites for hydroxylation is 2. The lowest BCUT2D eigenvalue weighted by molar-refractivity contribution is 0.784. The number of anilines is 1. The van der Waals surface area contributed by atoms with Gasteiger partial charge in [0.2, 0.25) is 0 Å². The average molecular weight is 319 g/mol. The van der Waals surface area contributed by atoms with E-state index in [9.17, 15) is 0 Å². The normalized spacial score (nSPS) is 12.2. The molecule has 3 heteroatoms. The predicted molar refractivity (Wildman–Crippen MR) is 85.5 cm³/mol. The highest BCUT2D eigenvalue weighted by Gasteiger charge is 2.13. The Morgan fingerprint density at radius 1 is 1.16 bits per heavy atom. The first-order valence-electron chi connectivity index (χ1n) is 6.40. The molecule has 100 valence electrons. The van der Waals surface area contributed by atoms with Gasteiger partial charge in [-0.15, -0.1) is 0 Å². The van der Waals surface area contributed by atoms with E-state index < -0.39 is 0 Å². The summed E-state index contributed by atoms with van der Waals surface area (Å²) >= 11 is 3.62. The number of halogens is 1. The zero-order valence-electron chi connectivity index (χ0n) is 11.3. The Labute approximate surface area is 123 Å². The Bertz CT molecular complexity index is 566. The van der Waals surface area contributed by atoms with Crippen LogP contribution in [0.3, 0.4) is 0 Å². The van der Waals surface area contributed by atoms with Crippen LogP contribution in [0.1, 0.15) is 22.7 Å². The topological polar surface area (TPSA) is 38.0 Å². The Hall–Kier alpha value is -1.32. The van der Waals surface area contributed by atoms with Crippen LogP contribution in [0.4, 0.5) is 5.69 Å². The van der Waals surface area contributed by atoms with Crippen molar-refractivity contribution >= 4 is 21.6 Å². The number of para-hydroxylation sites is 1. The van der Waals surface area contributed by atoms with Crippen LogP contribution in [-0.2, 0) is 0 Å². The lowest BCUT2D eigenvalue weighted by Crippen LogP contribution is -2.21. The standard InChI is InChI=1S/C16H19BrN2/c1-11-7-8-13(14(17)9-11)16(10-18)19-15-6-4-3-5-12(15)2/h3-9,16,19H,10,18H2,1-2H3. The van der Waals surface area contributed by atoms with E-state index in [1.807, 2.05) is 12.1 Å². The second-order valence-electron chi connectivity index (χ2n) is 4.77. The molecule has 2 nitrogen and oxygen atoms in total. The van der Waals surface area contributed by atoms with E-state index in [0.717, 1.165) is 10.2 Å². The molecule has 3 N–H and O–H groups in total. The third kappa shape index (κ3) is 3.37. The average Bonchev–Trinajstić information content (AvgIpc) is 2.39. The number of nitrogens with two attached hydrogens (primary N) is 1. The highest BCUT2D eigenvalue weighted by atomic mass is 79.9. The van der Waals surface area contributed by atoms with Gasteiger partial charge in [-0.05, 0) is 42.7 Å². The number of nitrogens with one attached hydrogen (secondary N) is 1. The summed E-state index contributed by atoms with van der Waals surface area (Å²) in [5.41, 5.74) is 10.7. The first-order chi connectivity index (χ1) is 9.11. The van der Waals surface area contributed by atoms with Gasteiger partial charge in [0, 0.05) is 16.7 Å². The smallest absolute Gasteiger partial charge is 0.0647 e. The predicted octanol–water partition coefficient (Wildman–Crippen LogP) is 4.18. The van der Waals surface area contributed by atoms with Crippen molar-refractivity contribution < 1.29 is 0 Å². The lowest BCUT2D eigenvalue weighted by atomic mass is 10.0. The third-order valence-corrected chi connectivity index (χ3v) is 3.93. The maximum Gasteiger partial charge on any atom is 0.0647 e. The maximum atomic E-state index is 5.93. The molecule has 0 saturated heterocycles. The molecule has 0 aliphatic carbocycles. The molecule has 0 aliphatic heterocycles. The first kappa shape index (κ1) is 14.1. The number of rotatable bonds is 4. The zero-order chi connectivity index (χ0) is 13.8. The summed E-state index contributed by atoms with van der Waals surface area (Å²) in [4.78, 5) is 0. The summed E-state index contributed by atoms with van der Waals surface area (Å²) in [5.74, 6) is 0. The van der Waals surface area contributed by atoms with E-state index in [-0.39, 0.29) is 6.04 Å². The molecule has 0 heterocycles. The molecule has 0 aromatic heterocycles. The molecule has 19 heavy (non-hydrogen) atoms. The quantitative estimate of drug-likeness (QED) is 0.887. The van der Waals surface area contributed by atoms with Crippen molar-refractivity contribution in [3.8, 4) is 0 Å². The van der Waals surface area contributed by atoms with Crippen LogP contribution in [0.2, 0.25) is 0 Å². The van der Waals surface area contributed by atoms with Crippen molar-refractivity contribution in [3.63, 3.8) is 0 Å². The second kappa shape index (κ2) is 6.22. The molecule has 2 aromatic rings. The van der Waals surface area contributed by atoms with Crippen LogP contribution in [0.15, 0.2) is 46.9 Å². The van der Waals surface area contributed by atoms with Gasteiger partial charge in [0.15, 0.2) is 0 Å². The van der Waals surface area contributed by atoms with Crippen molar-refractivity contribution in [1.29, 1.82) is 0 Å². The van der Waals surface area contributed by atoms with E-state index in [2.05, 4.69) is 65.4 Å². The molecular formula is C16H19BrN2. The molecule has 0 fully saturated rings. The van der Waals surface area contributed by atoms with Gasteiger partial charge in [0.1, 0.15) is 0 Å². The van der Waals surface area contributed by atoms with Crippen molar-refractivity contribution in [1.82, 2.24) is 0 Å². The molecule has 0 radical (unpaired) electrons. The van der Waals surface area contributed by atoms with E-state index in [1.54, 1.807) is 0 Å². The van der Waals surface area contributed by atoms with Crippen LogP contribution in [0.5, 0.6) is 0 Å². The monoisotopic (exact) mass is 318 g/mol. The minimum Gasteiger partial charge on any atom is -0.377 e. The molecule has 0 amide bonds. The highest BCUT2D eigenvalue weighted by Crippen LogP contribution is 2.28. The number of hydrogen-bond acceptors (Lipinski definition) is 2. The van der Waals surface area contributed by atoms with Gasteiger partial charge >= 0.3 is 0 Å². The number of benzene rings is 2. The van der Waals surface area contributed by atoms with E-state index >= 15 is 0 Å². The second-order valence-corrected chi connectivity index (χ2v) is 5.63. The summed E-state index contributed by atoms with van der Waals surface area (Å²) in [6.45, 7) is 4.73. The van der Waals surface area contributed by atoms with Gasteiger partial charge in [-0.3, -0.25) is 0 Å². The van der Waals surface area contributed by atoms with Crippen molar-refractivity contribution in [2.75, 3.05) is 11.9 Å². The van der Waals surface area contributed by atoms with Crippen LogP contribution in [0.25, 0.3) is 0 Å². The summed E-state index contributed by atoms with van der Waals surface area (Å²) in [7, 11) is 0. The molecule has 1 atom stereocenters. The lowest BCUT2D eigenvalue weighted by Gasteiger charge is -2.21. The van der Waals surface area contributed by atoms with Crippen molar-refractivity contribution in [3.05, 3.63) is 63.6 Å². The van der Waals surface area contributed by atoms with Crippen molar-refractivity contribution in [2.45, 2.75) is 19.9 Å². The summed E-state index contributed by atoms with van der Waals surface area (Å²) in [5, 5.41) is 3.52. The van der Waals surface area contributed by atoms with Gasteiger partial charge in [0.05, 0.1) is 6.04 Å². The fourth-order valence-corrected chi connectivity index (χ4v) is 2.87. The van der Waals surface area contributed by atoms with Gasteiger partial charge in [-0.25, -0.2) is 0 Å². The van der Waals surface area contributed by atoms with Crippen LogP contribution in [-0.4, -0.2) is 6.54 Å². The third-order valence-electron chi connectivity index (χ3n) is 3.24. The molecule has 0 aliphatic rings. The largest absolute Gasteiger partial charge is 0.377 e. The Balaban J connectivity index is 2.28. The fraction of sp³-hybridized carbons (Fsp3) is 0.250. The maximum absolute atomic E-state index is 5.93. The minimum absolute atomic E-state index is 0.107. The molecule has 2 rings (SSSR count). The van der Waals surface area contributed by atoms with Gasteiger partial charge in [-0.1, -0.05) is 46.3 Å². The van der Waals surface area contributed by atoms with E-state index in [1.165, 1.54) is 16.7 Å². The van der Waals surface area contributed by atoms with Crippen LogP contribution >= 0.6 is 15.9 Å². The van der Waals surface area contributed by atoms with Crippen molar-refractivity contribution in [2.24, 2.45) is 5.73 Å².